The molecule has 2 aliphatic carbocycles. The minimum atomic E-state index is 0.784. The van der Waals surface area contributed by atoms with Crippen molar-refractivity contribution in [3.8, 4) is 0 Å². The average molecular weight is 217 g/mol. The summed E-state index contributed by atoms with van der Waals surface area (Å²) in [5, 5.41) is 3.44. The number of nitrogens with two attached hydrogens (primary N) is 1. The minimum Gasteiger partial charge on any atom is -0.399 e. The molecule has 1 aromatic heterocycles. The molecule has 0 spiro atoms. The Morgan fingerprint density at radius 1 is 1.31 bits per heavy atom. The first kappa shape index (κ1) is 9.94. The van der Waals surface area contributed by atoms with Crippen molar-refractivity contribution in [1.29, 1.82) is 0 Å². The topological polar surface area (TPSA) is 50.9 Å². The van der Waals surface area contributed by atoms with Crippen LogP contribution in [0.15, 0.2) is 18.3 Å². The van der Waals surface area contributed by atoms with Crippen molar-refractivity contribution in [2.45, 2.75) is 25.7 Å². The van der Waals surface area contributed by atoms with E-state index in [4.69, 9.17) is 5.73 Å². The van der Waals surface area contributed by atoms with Gasteiger partial charge in [-0.3, -0.25) is 0 Å². The van der Waals surface area contributed by atoms with Crippen LogP contribution >= 0.6 is 0 Å². The summed E-state index contributed by atoms with van der Waals surface area (Å²) < 4.78 is 0. The number of hydrogen-bond donors (Lipinski definition) is 2. The van der Waals surface area contributed by atoms with Gasteiger partial charge in [0.1, 0.15) is 5.82 Å². The van der Waals surface area contributed by atoms with Crippen molar-refractivity contribution in [3.63, 3.8) is 0 Å². The average Bonchev–Trinajstić information content (AvgIpc) is 3.13. The SMILES string of the molecule is Nc1ccnc(NCC(C2CC2)C2CC2)c1. The summed E-state index contributed by atoms with van der Waals surface area (Å²) in [7, 11) is 0. The fourth-order valence-electron chi connectivity index (χ4n) is 2.53. The molecule has 0 bridgehead atoms. The third-order valence-electron chi connectivity index (χ3n) is 3.76. The van der Waals surface area contributed by atoms with Crippen LogP contribution in [0, 0.1) is 17.8 Å². The third-order valence-corrected chi connectivity index (χ3v) is 3.76. The van der Waals surface area contributed by atoms with E-state index in [1.807, 2.05) is 12.1 Å². The molecule has 3 heteroatoms. The highest BCUT2D eigenvalue weighted by Crippen LogP contribution is 2.49. The molecule has 2 fully saturated rings. The van der Waals surface area contributed by atoms with Gasteiger partial charge in [-0.2, -0.15) is 0 Å². The molecule has 2 saturated carbocycles. The Balaban J connectivity index is 1.58. The van der Waals surface area contributed by atoms with Gasteiger partial charge in [0.15, 0.2) is 0 Å². The van der Waals surface area contributed by atoms with Gasteiger partial charge in [0, 0.05) is 24.5 Å². The first-order valence-electron chi connectivity index (χ1n) is 6.28. The molecule has 86 valence electrons. The van der Waals surface area contributed by atoms with Gasteiger partial charge in [-0.05, 0) is 49.5 Å². The molecule has 3 rings (SSSR count). The van der Waals surface area contributed by atoms with Crippen LogP contribution in [0.5, 0.6) is 0 Å². The highest BCUT2D eigenvalue weighted by molar-refractivity contribution is 5.48. The maximum absolute atomic E-state index is 5.73. The Kier molecular flexibility index (Phi) is 2.46. The van der Waals surface area contributed by atoms with Gasteiger partial charge in [0.2, 0.25) is 0 Å². The van der Waals surface area contributed by atoms with Gasteiger partial charge >= 0.3 is 0 Å². The molecule has 16 heavy (non-hydrogen) atoms. The van der Waals surface area contributed by atoms with Crippen LogP contribution in [0.3, 0.4) is 0 Å². The number of nitrogens with one attached hydrogen (secondary N) is 1. The summed E-state index contributed by atoms with van der Waals surface area (Å²) in [5.41, 5.74) is 6.51. The highest BCUT2D eigenvalue weighted by Gasteiger charge is 2.40. The summed E-state index contributed by atoms with van der Waals surface area (Å²) in [4.78, 5) is 4.28. The number of hydrogen-bond acceptors (Lipinski definition) is 3. The summed E-state index contributed by atoms with van der Waals surface area (Å²) in [5.74, 6) is 3.77. The second-order valence-corrected chi connectivity index (χ2v) is 5.19. The third kappa shape index (κ3) is 2.29. The molecule has 2 aliphatic rings. The Labute approximate surface area is 96.4 Å². The molecule has 3 N–H and O–H groups in total. The van der Waals surface area contributed by atoms with Crippen molar-refractivity contribution in [2.24, 2.45) is 17.8 Å². The number of nitrogens with zero attached hydrogens (tertiary/aromatic N) is 1. The van der Waals surface area contributed by atoms with Crippen LogP contribution in [0.1, 0.15) is 25.7 Å². The van der Waals surface area contributed by atoms with E-state index in [1.165, 1.54) is 25.7 Å². The first-order valence-corrected chi connectivity index (χ1v) is 6.28. The predicted octanol–water partition coefficient (Wildman–Crippen LogP) is 2.51. The van der Waals surface area contributed by atoms with Crippen LogP contribution in [-0.4, -0.2) is 11.5 Å². The lowest BCUT2D eigenvalue weighted by molar-refractivity contribution is 0.428. The fourth-order valence-corrected chi connectivity index (χ4v) is 2.53. The zero-order valence-electron chi connectivity index (χ0n) is 9.52. The van der Waals surface area contributed by atoms with Crippen LogP contribution in [0.4, 0.5) is 11.5 Å². The van der Waals surface area contributed by atoms with Crippen molar-refractivity contribution < 1.29 is 0 Å². The minimum absolute atomic E-state index is 0.784. The summed E-state index contributed by atoms with van der Waals surface area (Å²) in [6.07, 6.45) is 7.52. The Morgan fingerprint density at radius 2 is 2.00 bits per heavy atom. The molecule has 3 nitrogen and oxygen atoms in total. The molecule has 0 radical (unpaired) electrons. The number of aromatic nitrogens is 1. The zero-order chi connectivity index (χ0) is 11.0. The molecule has 0 amide bonds. The van der Waals surface area contributed by atoms with E-state index in [1.54, 1.807) is 6.20 Å². The van der Waals surface area contributed by atoms with Crippen molar-refractivity contribution >= 4 is 11.5 Å². The van der Waals surface area contributed by atoms with Gasteiger partial charge in [-0.25, -0.2) is 4.98 Å². The summed E-state index contributed by atoms with van der Waals surface area (Å²) in [6, 6.07) is 3.74. The standard InChI is InChI=1S/C13H19N3/c14-11-5-6-15-13(7-11)16-8-12(9-1-2-9)10-3-4-10/h5-7,9-10,12H,1-4,8H2,(H3,14,15,16). The highest BCUT2D eigenvalue weighted by atomic mass is 15.0. The van der Waals surface area contributed by atoms with E-state index in [0.717, 1.165) is 35.8 Å². The molecule has 0 atom stereocenters. The normalized spacial score (nSPS) is 20.1. The monoisotopic (exact) mass is 217 g/mol. The fraction of sp³-hybridized carbons (Fsp3) is 0.615. The lowest BCUT2D eigenvalue weighted by Gasteiger charge is -2.16. The number of nitrogen functional groups attached to an aromatic ring is 1. The van der Waals surface area contributed by atoms with Gasteiger partial charge in [0.05, 0.1) is 0 Å². The number of anilines is 2. The molecular weight excluding hydrogens is 198 g/mol. The maximum atomic E-state index is 5.73. The van der Waals surface area contributed by atoms with Gasteiger partial charge in [0.25, 0.3) is 0 Å². The van der Waals surface area contributed by atoms with Crippen LogP contribution in [0.2, 0.25) is 0 Å². The predicted molar refractivity (Wildman–Crippen MR) is 66.1 cm³/mol. The summed E-state index contributed by atoms with van der Waals surface area (Å²) >= 11 is 0. The molecule has 0 saturated heterocycles. The first-order chi connectivity index (χ1) is 7.83. The van der Waals surface area contributed by atoms with E-state index in [0.29, 0.717) is 0 Å². The van der Waals surface area contributed by atoms with E-state index in [2.05, 4.69) is 10.3 Å². The van der Waals surface area contributed by atoms with Gasteiger partial charge in [-0.1, -0.05) is 0 Å². The largest absolute Gasteiger partial charge is 0.399 e. The smallest absolute Gasteiger partial charge is 0.127 e. The van der Waals surface area contributed by atoms with Gasteiger partial charge in [-0.15, -0.1) is 0 Å². The molecule has 1 aromatic rings. The quantitative estimate of drug-likeness (QED) is 0.796. The zero-order valence-corrected chi connectivity index (χ0v) is 9.52. The van der Waals surface area contributed by atoms with Gasteiger partial charge < -0.3 is 11.1 Å². The van der Waals surface area contributed by atoms with E-state index in [-0.39, 0.29) is 0 Å². The molecule has 0 unspecified atom stereocenters. The number of pyridine rings is 1. The van der Waals surface area contributed by atoms with Crippen LogP contribution in [-0.2, 0) is 0 Å². The molecule has 1 heterocycles. The molecule has 0 aliphatic heterocycles. The lowest BCUT2D eigenvalue weighted by Crippen LogP contribution is -2.18. The van der Waals surface area contributed by atoms with Crippen molar-refractivity contribution in [1.82, 2.24) is 4.98 Å². The Hall–Kier alpha value is -1.25. The lowest BCUT2D eigenvalue weighted by atomic mass is 9.98. The number of rotatable bonds is 5. The Morgan fingerprint density at radius 3 is 2.56 bits per heavy atom. The Bertz CT molecular complexity index is 357. The van der Waals surface area contributed by atoms with E-state index >= 15 is 0 Å². The molecular formula is C13H19N3. The second kappa shape index (κ2) is 3.96. The molecule has 0 aromatic carbocycles. The van der Waals surface area contributed by atoms with Crippen LogP contribution in [0.25, 0.3) is 0 Å². The van der Waals surface area contributed by atoms with Crippen molar-refractivity contribution in [2.75, 3.05) is 17.6 Å². The summed E-state index contributed by atoms with van der Waals surface area (Å²) in [6.45, 7) is 1.08. The van der Waals surface area contributed by atoms with Crippen LogP contribution < -0.4 is 11.1 Å². The maximum Gasteiger partial charge on any atom is 0.127 e. The van der Waals surface area contributed by atoms with E-state index in [9.17, 15) is 0 Å². The second-order valence-electron chi connectivity index (χ2n) is 5.19. The van der Waals surface area contributed by atoms with Crippen molar-refractivity contribution in [3.05, 3.63) is 18.3 Å². The van der Waals surface area contributed by atoms with E-state index < -0.39 is 0 Å².